The predicted molar refractivity (Wildman–Crippen MR) is 121 cm³/mol. The van der Waals surface area contributed by atoms with Gasteiger partial charge in [-0.25, -0.2) is 0 Å². The van der Waals surface area contributed by atoms with Gasteiger partial charge < -0.3 is 20.4 Å². The topological polar surface area (TPSA) is 120 Å². The molecule has 1 aliphatic carbocycles. The molecular weight excluding hydrogens is 422 g/mol. The SMILES string of the molecule is O=C(O)CNC(=O)C1=C(O)CC2(CCCCC2)N(Cc2ccc(-c3ccccn3)cc2)C1=O. The number of benzene rings is 1. The average Bonchev–Trinajstić information content (AvgIpc) is 2.82. The molecule has 33 heavy (non-hydrogen) atoms. The van der Waals surface area contributed by atoms with Gasteiger partial charge in [0.15, 0.2) is 0 Å². The summed E-state index contributed by atoms with van der Waals surface area (Å²) in [6.45, 7) is -0.326. The first-order chi connectivity index (χ1) is 15.9. The number of nitrogens with zero attached hydrogens (tertiary/aromatic N) is 2. The molecule has 0 radical (unpaired) electrons. The van der Waals surface area contributed by atoms with Crippen LogP contribution in [-0.4, -0.2) is 50.0 Å². The van der Waals surface area contributed by atoms with Crippen LogP contribution in [0.5, 0.6) is 0 Å². The Bertz CT molecular complexity index is 1070. The van der Waals surface area contributed by atoms with Gasteiger partial charge in [-0.05, 0) is 30.5 Å². The Morgan fingerprint density at radius 2 is 1.79 bits per heavy atom. The maximum atomic E-state index is 13.5. The van der Waals surface area contributed by atoms with Crippen LogP contribution in [0.25, 0.3) is 11.3 Å². The van der Waals surface area contributed by atoms with Crippen LogP contribution in [0.3, 0.4) is 0 Å². The molecule has 3 N–H and O–H groups in total. The molecule has 1 spiro atoms. The van der Waals surface area contributed by atoms with Crippen LogP contribution in [0, 0.1) is 0 Å². The standard InChI is InChI=1S/C25H27N3O5/c29-20-14-25(11-3-1-4-12-25)28(24(33)22(20)23(32)27-15-21(30)31)16-17-7-9-18(10-8-17)19-6-2-5-13-26-19/h2,5-10,13,29H,1,3-4,11-12,14-16H2,(H,27,32)(H,30,31). The second-order valence-electron chi connectivity index (χ2n) is 8.66. The summed E-state index contributed by atoms with van der Waals surface area (Å²) in [4.78, 5) is 42.9. The Morgan fingerprint density at radius 1 is 1.06 bits per heavy atom. The fraction of sp³-hybridized carbons (Fsp3) is 0.360. The van der Waals surface area contributed by atoms with Gasteiger partial charge in [-0.2, -0.15) is 0 Å². The van der Waals surface area contributed by atoms with Gasteiger partial charge in [0.2, 0.25) is 0 Å². The number of hydrogen-bond acceptors (Lipinski definition) is 5. The Kier molecular flexibility index (Phi) is 6.44. The first-order valence-electron chi connectivity index (χ1n) is 11.1. The highest BCUT2D eigenvalue weighted by Crippen LogP contribution is 2.43. The number of carbonyl (C=O) groups excluding carboxylic acids is 2. The van der Waals surface area contributed by atoms with Crippen LogP contribution in [0.1, 0.15) is 44.1 Å². The van der Waals surface area contributed by atoms with Crippen molar-refractivity contribution >= 4 is 17.8 Å². The minimum Gasteiger partial charge on any atom is -0.511 e. The van der Waals surface area contributed by atoms with Crippen LogP contribution in [0.2, 0.25) is 0 Å². The largest absolute Gasteiger partial charge is 0.511 e. The molecule has 1 aromatic carbocycles. The third-order valence-electron chi connectivity index (χ3n) is 6.48. The second-order valence-corrected chi connectivity index (χ2v) is 8.66. The van der Waals surface area contributed by atoms with Crippen molar-refractivity contribution < 1.29 is 24.6 Å². The van der Waals surface area contributed by atoms with Gasteiger partial charge >= 0.3 is 5.97 Å². The molecule has 1 saturated carbocycles. The zero-order valence-electron chi connectivity index (χ0n) is 18.3. The highest BCUT2D eigenvalue weighted by atomic mass is 16.4. The van der Waals surface area contributed by atoms with Gasteiger partial charge in [0, 0.05) is 24.7 Å². The molecule has 0 saturated heterocycles. The molecule has 2 aliphatic rings. The quantitative estimate of drug-likeness (QED) is 0.583. The molecule has 2 amide bonds. The molecule has 2 heterocycles. The lowest BCUT2D eigenvalue weighted by atomic mass is 9.74. The maximum absolute atomic E-state index is 13.5. The first kappa shape index (κ1) is 22.5. The minimum absolute atomic E-state index is 0.195. The number of carbonyl (C=O) groups is 3. The van der Waals surface area contributed by atoms with E-state index in [0.29, 0.717) is 6.54 Å². The van der Waals surface area contributed by atoms with E-state index in [4.69, 9.17) is 5.11 Å². The van der Waals surface area contributed by atoms with Crippen molar-refractivity contribution in [2.45, 2.75) is 50.6 Å². The Labute approximate surface area is 191 Å². The molecule has 1 aromatic heterocycles. The van der Waals surface area contributed by atoms with Gasteiger partial charge in [0.05, 0.1) is 11.2 Å². The predicted octanol–water partition coefficient (Wildman–Crippen LogP) is 3.20. The smallest absolute Gasteiger partial charge is 0.322 e. The number of rotatable bonds is 6. The third kappa shape index (κ3) is 4.74. The lowest BCUT2D eigenvalue weighted by Crippen LogP contribution is -2.57. The number of amides is 2. The number of hydrogen-bond donors (Lipinski definition) is 3. The fourth-order valence-electron chi connectivity index (χ4n) is 4.83. The highest BCUT2D eigenvalue weighted by molar-refractivity contribution is 6.19. The summed E-state index contributed by atoms with van der Waals surface area (Å²) >= 11 is 0. The molecule has 0 unspecified atom stereocenters. The van der Waals surface area contributed by atoms with Crippen LogP contribution < -0.4 is 5.32 Å². The molecule has 8 heteroatoms. The summed E-state index contributed by atoms with van der Waals surface area (Å²) in [6, 6.07) is 13.5. The number of pyridine rings is 1. The molecule has 2 aromatic rings. The van der Waals surface area contributed by atoms with Crippen LogP contribution in [0.4, 0.5) is 0 Å². The maximum Gasteiger partial charge on any atom is 0.322 e. The van der Waals surface area contributed by atoms with E-state index in [0.717, 1.165) is 48.9 Å². The number of aliphatic hydroxyl groups is 1. The zero-order chi connectivity index (χ0) is 23.4. The van der Waals surface area contributed by atoms with Gasteiger partial charge in [-0.3, -0.25) is 19.4 Å². The van der Waals surface area contributed by atoms with E-state index >= 15 is 0 Å². The molecule has 1 fully saturated rings. The van der Waals surface area contributed by atoms with Gasteiger partial charge in [-0.1, -0.05) is 49.6 Å². The van der Waals surface area contributed by atoms with Crippen molar-refractivity contribution in [1.29, 1.82) is 0 Å². The van der Waals surface area contributed by atoms with E-state index < -0.39 is 29.9 Å². The molecular formula is C25H27N3O5. The molecule has 1 aliphatic heterocycles. The number of carboxylic acid groups (broad SMARTS) is 1. The lowest BCUT2D eigenvalue weighted by Gasteiger charge is -2.49. The van der Waals surface area contributed by atoms with Crippen molar-refractivity contribution in [2.75, 3.05) is 6.54 Å². The Balaban J connectivity index is 1.61. The summed E-state index contributed by atoms with van der Waals surface area (Å²) in [7, 11) is 0. The van der Waals surface area contributed by atoms with Crippen molar-refractivity contribution in [2.24, 2.45) is 0 Å². The highest BCUT2D eigenvalue weighted by Gasteiger charge is 2.48. The van der Waals surface area contributed by atoms with Crippen LogP contribution in [-0.2, 0) is 20.9 Å². The van der Waals surface area contributed by atoms with E-state index in [2.05, 4.69) is 10.3 Å². The first-order valence-corrected chi connectivity index (χ1v) is 11.1. The monoisotopic (exact) mass is 449 g/mol. The van der Waals surface area contributed by atoms with Crippen molar-refractivity contribution in [1.82, 2.24) is 15.2 Å². The number of aromatic nitrogens is 1. The summed E-state index contributed by atoms with van der Waals surface area (Å²) < 4.78 is 0. The lowest BCUT2D eigenvalue weighted by molar-refractivity contribution is -0.142. The second kappa shape index (κ2) is 9.44. The number of aliphatic hydroxyl groups excluding tert-OH is 1. The van der Waals surface area contributed by atoms with E-state index in [-0.39, 0.29) is 17.8 Å². The molecule has 8 nitrogen and oxygen atoms in total. The van der Waals surface area contributed by atoms with Gasteiger partial charge in [0.25, 0.3) is 11.8 Å². The van der Waals surface area contributed by atoms with E-state index in [1.807, 2.05) is 42.5 Å². The molecule has 0 bridgehead atoms. The van der Waals surface area contributed by atoms with E-state index in [1.165, 1.54) is 0 Å². The Hall–Kier alpha value is -3.68. The third-order valence-corrected chi connectivity index (χ3v) is 6.48. The molecule has 172 valence electrons. The van der Waals surface area contributed by atoms with E-state index in [1.54, 1.807) is 11.1 Å². The fourth-order valence-corrected chi connectivity index (χ4v) is 4.83. The van der Waals surface area contributed by atoms with Crippen LogP contribution >= 0.6 is 0 Å². The minimum atomic E-state index is -1.22. The number of carboxylic acids is 1. The van der Waals surface area contributed by atoms with Crippen LogP contribution in [0.15, 0.2) is 60.0 Å². The average molecular weight is 450 g/mol. The van der Waals surface area contributed by atoms with Gasteiger partial charge in [-0.15, -0.1) is 0 Å². The van der Waals surface area contributed by atoms with E-state index in [9.17, 15) is 19.5 Å². The number of nitrogens with one attached hydrogen (secondary N) is 1. The summed E-state index contributed by atoms with van der Waals surface area (Å²) in [5.74, 6) is -2.90. The summed E-state index contributed by atoms with van der Waals surface area (Å²) in [6.07, 6.45) is 6.38. The Morgan fingerprint density at radius 3 is 2.42 bits per heavy atom. The molecule has 4 rings (SSSR count). The van der Waals surface area contributed by atoms with Crippen molar-refractivity contribution in [3.63, 3.8) is 0 Å². The summed E-state index contributed by atoms with van der Waals surface area (Å²) in [5, 5.41) is 21.7. The van der Waals surface area contributed by atoms with Crippen molar-refractivity contribution in [3.8, 4) is 11.3 Å². The molecule has 0 atom stereocenters. The summed E-state index contributed by atoms with van der Waals surface area (Å²) in [5.41, 5.74) is 1.81. The van der Waals surface area contributed by atoms with Crippen molar-refractivity contribution in [3.05, 3.63) is 65.6 Å². The normalized spacial score (nSPS) is 17.8. The number of aliphatic carboxylic acids is 1. The van der Waals surface area contributed by atoms with Gasteiger partial charge in [0.1, 0.15) is 17.9 Å². The zero-order valence-corrected chi connectivity index (χ0v) is 18.3.